The van der Waals surface area contributed by atoms with Crippen molar-refractivity contribution in [2.45, 2.75) is 34.2 Å². The Kier molecular flexibility index (Phi) is 5.60. The highest BCUT2D eigenvalue weighted by Crippen LogP contribution is 2.19. The van der Waals surface area contributed by atoms with Gasteiger partial charge in [0.1, 0.15) is 5.82 Å². The first-order valence-corrected chi connectivity index (χ1v) is 6.65. The van der Waals surface area contributed by atoms with E-state index in [9.17, 15) is 4.39 Å². The Morgan fingerprint density at radius 2 is 1.67 bits per heavy atom. The second-order valence-electron chi connectivity index (χ2n) is 5.79. The van der Waals surface area contributed by atoms with Crippen LogP contribution >= 0.6 is 0 Å². The van der Waals surface area contributed by atoms with Crippen molar-refractivity contribution >= 4 is 5.69 Å². The lowest BCUT2D eigenvalue weighted by atomic mass is 10.1. The maximum Gasteiger partial charge on any atom is 0.129 e. The van der Waals surface area contributed by atoms with Gasteiger partial charge in [-0.2, -0.15) is 0 Å². The van der Waals surface area contributed by atoms with Gasteiger partial charge in [0.2, 0.25) is 0 Å². The van der Waals surface area contributed by atoms with Crippen LogP contribution in [0.5, 0.6) is 0 Å². The van der Waals surface area contributed by atoms with Gasteiger partial charge in [0.25, 0.3) is 0 Å². The van der Waals surface area contributed by atoms with E-state index in [1.165, 1.54) is 6.07 Å². The number of nitrogens with two attached hydrogens (primary N) is 1. The van der Waals surface area contributed by atoms with Crippen LogP contribution < -0.4 is 5.73 Å². The van der Waals surface area contributed by atoms with E-state index in [1.54, 1.807) is 12.1 Å². The fourth-order valence-corrected chi connectivity index (χ4v) is 2.20. The van der Waals surface area contributed by atoms with Gasteiger partial charge in [0.15, 0.2) is 0 Å². The molecule has 0 aromatic heterocycles. The lowest BCUT2D eigenvalue weighted by Gasteiger charge is -2.26. The highest BCUT2D eigenvalue weighted by atomic mass is 19.1. The SMILES string of the molecule is CC(C)CN(Cc1c(N)cccc1F)CC(C)C. The summed E-state index contributed by atoms with van der Waals surface area (Å²) in [6.07, 6.45) is 0. The Morgan fingerprint density at radius 3 is 2.11 bits per heavy atom. The molecule has 2 N–H and O–H groups in total. The quantitative estimate of drug-likeness (QED) is 0.785. The van der Waals surface area contributed by atoms with E-state index in [0.29, 0.717) is 29.6 Å². The van der Waals surface area contributed by atoms with Gasteiger partial charge in [0, 0.05) is 30.9 Å². The Morgan fingerprint density at radius 1 is 1.11 bits per heavy atom. The fraction of sp³-hybridized carbons (Fsp3) is 0.600. The zero-order chi connectivity index (χ0) is 13.7. The number of nitrogens with zero attached hydrogens (tertiary/aromatic N) is 1. The van der Waals surface area contributed by atoms with Crippen molar-refractivity contribution in [3.63, 3.8) is 0 Å². The first kappa shape index (κ1) is 15.0. The normalized spacial score (nSPS) is 11.8. The molecule has 0 atom stereocenters. The fourth-order valence-electron chi connectivity index (χ4n) is 2.20. The molecule has 0 aliphatic heterocycles. The summed E-state index contributed by atoms with van der Waals surface area (Å²) in [5, 5.41) is 0. The number of nitrogen functional groups attached to an aromatic ring is 1. The van der Waals surface area contributed by atoms with Gasteiger partial charge >= 0.3 is 0 Å². The summed E-state index contributed by atoms with van der Waals surface area (Å²) in [6.45, 7) is 11.2. The smallest absolute Gasteiger partial charge is 0.129 e. The molecule has 0 fully saturated rings. The summed E-state index contributed by atoms with van der Waals surface area (Å²) in [5.74, 6) is 0.931. The molecule has 18 heavy (non-hydrogen) atoms. The first-order valence-electron chi connectivity index (χ1n) is 6.65. The predicted octanol–water partition coefficient (Wildman–Crippen LogP) is 3.52. The Bertz CT molecular complexity index is 345. The number of hydrogen-bond donors (Lipinski definition) is 1. The molecule has 0 unspecified atom stereocenters. The Labute approximate surface area is 110 Å². The van der Waals surface area contributed by atoms with Gasteiger partial charge in [-0.05, 0) is 24.0 Å². The van der Waals surface area contributed by atoms with Gasteiger partial charge in [-0.25, -0.2) is 4.39 Å². The van der Waals surface area contributed by atoms with Crippen molar-refractivity contribution in [1.82, 2.24) is 4.90 Å². The largest absolute Gasteiger partial charge is 0.398 e. The van der Waals surface area contributed by atoms with E-state index in [0.717, 1.165) is 13.1 Å². The third-order valence-corrected chi connectivity index (χ3v) is 2.78. The number of benzene rings is 1. The monoisotopic (exact) mass is 252 g/mol. The summed E-state index contributed by atoms with van der Waals surface area (Å²) in [7, 11) is 0. The van der Waals surface area contributed by atoms with Gasteiger partial charge in [-0.3, -0.25) is 4.90 Å². The van der Waals surface area contributed by atoms with E-state index >= 15 is 0 Å². The summed E-state index contributed by atoms with van der Waals surface area (Å²) in [6, 6.07) is 4.90. The molecule has 0 bridgehead atoms. The average molecular weight is 252 g/mol. The molecule has 0 heterocycles. The highest BCUT2D eigenvalue weighted by Gasteiger charge is 2.14. The average Bonchev–Trinajstić information content (AvgIpc) is 2.21. The zero-order valence-electron chi connectivity index (χ0n) is 11.9. The predicted molar refractivity (Wildman–Crippen MR) is 75.8 cm³/mol. The van der Waals surface area contributed by atoms with Gasteiger partial charge in [-0.15, -0.1) is 0 Å². The van der Waals surface area contributed by atoms with Crippen LogP contribution in [0.25, 0.3) is 0 Å². The molecule has 0 saturated carbocycles. The van der Waals surface area contributed by atoms with Crippen LogP contribution in [0.4, 0.5) is 10.1 Å². The van der Waals surface area contributed by atoms with Crippen molar-refractivity contribution in [3.8, 4) is 0 Å². The minimum Gasteiger partial charge on any atom is -0.398 e. The topological polar surface area (TPSA) is 29.3 Å². The van der Waals surface area contributed by atoms with Crippen molar-refractivity contribution in [2.75, 3.05) is 18.8 Å². The van der Waals surface area contributed by atoms with Crippen molar-refractivity contribution in [3.05, 3.63) is 29.6 Å². The van der Waals surface area contributed by atoms with E-state index in [2.05, 4.69) is 32.6 Å². The lowest BCUT2D eigenvalue weighted by molar-refractivity contribution is 0.209. The lowest BCUT2D eigenvalue weighted by Crippen LogP contribution is -2.31. The van der Waals surface area contributed by atoms with Gasteiger partial charge in [-0.1, -0.05) is 33.8 Å². The van der Waals surface area contributed by atoms with Crippen molar-refractivity contribution < 1.29 is 4.39 Å². The summed E-state index contributed by atoms with van der Waals surface area (Å²) in [4.78, 5) is 2.28. The van der Waals surface area contributed by atoms with E-state index in [1.807, 2.05) is 0 Å². The Hall–Kier alpha value is -1.09. The van der Waals surface area contributed by atoms with Crippen LogP contribution in [-0.4, -0.2) is 18.0 Å². The molecule has 0 aliphatic carbocycles. The van der Waals surface area contributed by atoms with Crippen LogP contribution in [0.15, 0.2) is 18.2 Å². The van der Waals surface area contributed by atoms with E-state index in [-0.39, 0.29) is 5.82 Å². The van der Waals surface area contributed by atoms with Gasteiger partial charge in [0.05, 0.1) is 0 Å². The molecule has 1 rings (SSSR count). The first-order chi connectivity index (χ1) is 8.40. The van der Waals surface area contributed by atoms with Crippen LogP contribution in [0.2, 0.25) is 0 Å². The standard InChI is InChI=1S/C15H25FN2/c1-11(2)8-18(9-12(3)4)10-13-14(16)6-5-7-15(13)17/h5-7,11-12H,8-10,17H2,1-4H3. The zero-order valence-corrected chi connectivity index (χ0v) is 11.9. The minimum absolute atomic E-state index is 0.201. The van der Waals surface area contributed by atoms with Crippen LogP contribution in [0, 0.1) is 17.7 Å². The molecule has 102 valence electrons. The molecule has 3 heteroatoms. The summed E-state index contributed by atoms with van der Waals surface area (Å²) >= 11 is 0. The molecule has 0 spiro atoms. The van der Waals surface area contributed by atoms with Crippen molar-refractivity contribution in [2.24, 2.45) is 11.8 Å². The number of rotatable bonds is 6. The minimum atomic E-state index is -0.201. The highest BCUT2D eigenvalue weighted by molar-refractivity contribution is 5.47. The second-order valence-corrected chi connectivity index (χ2v) is 5.79. The molecule has 2 nitrogen and oxygen atoms in total. The summed E-state index contributed by atoms with van der Waals surface area (Å²) < 4.78 is 13.8. The molecule has 1 aromatic rings. The van der Waals surface area contributed by atoms with E-state index in [4.69, 9.17) is 5.73 Å². The number of hydrogen-bond acceptors (Lipinski definition) is 2. The number of halogens is 1. The maximum absolute atomic E-state index is 13.8. The molecular formula is C15H25FN2. The maximum atomic E-state index is 13.8. The molecule has 0 saturated heterocycles. The molecule has 0 radical (unpaired) electrons. The number of anilines is 1. The Balaban J connectivity index is 2.81. The van der Waals surface area contributed by atoms with E-state index < -0.39 is 0 Å². The molecular weight excluding hydrogens is 227 g/mol. The summed E-state index contributed by atoms with van der Waals surface area (Å²) in [5.41, 5.74) is 7.04. The molecule has 0 amide bonds. The van der Waals surface area contributed by atoms with Crippen molar-refractivity contribution in [1.29, 1.82) is 0 Å². The third kappa shape index (κ3) is 4.65. The van der Waals surface area contributed by atoms with Crippen LogP contribution in [-0.2, 0) is 6.54 Å². The van der Waals surface area contributed by atoms with Crippen LogP contribution in [0.1, 0.15) is 33.3 Å². The second kappa shape index (κ2) is 6.74. The molecule has 1 aromatic carbocycles. The van der Waals surface area contributed by atoms with Crippen LogP contribution in [0.3, 0.4) is 0 Å². The van der Waals surface area contributed by atoms with Gasteiger partial charge < -0.3 is 5.73 Å². The third-order valence-electron chi connectivity index (χ3n) is 2.78. The molecule has 0 aliphatic rings.